The molecule has 0 saturated carbocycles. The fourth-order valence-electron chi connectivity index (χ4n) is 2.30. The van der Waals surface area contributed by atoms with Crippen LogP contribution >= 0.6 is 24.0 Å². The van der Waals surface area contributed by atoms with E-state index in [1.165, 1.54) is 16.7 Å². The van der Waals surface area contributed by atoms with E-state index < -0.39 is 0 Å². The number of allylic oxidation sites excluding steroid dienone is 1. The van der Waals surface area contributed by atoms with Crippen LogP contribution in [-0.4, -0.2) is 4.98 Å². The van der Waals surface area contributed by atoms with Gasteiger partial charge in [0.25, 0.3) is 0 Å². The van der Waals surface area contributed by atoms with E-state index in [4.69, 9.17) is 11.6 Å². The third-order valence-corrected chi connectivity index (χ3v) is 3.34. The molecular formula is C15H13Cl2N. The molecule has 0 aliphatic heterocycles. The molecule has 0 bridgehead atoms. The van der Waals surface area contributed by atoms with E-state index in [1.54, 1.807) is 6.20 Å². The Hall–Kier alpha value is -1.31. The SMILES string of the molecule is Cl.Clc1ccc2c(c1)CC/C2=C\c1cccnc1. The molecule has 0 amide bonds. The molecular weight excluding hydrogens is 265 g/mol. The second-order valence-electron chi connectivity index (χ2n) is 4.26. The van der Waals surface area contributed by atoms with Gasteiger partial charge in [-0.25, -0.2) is 0 Å². The molecule has 1 aromatic carbocycles. The van der Waals surface area contributed by atoms with E-state index >= 15 is 0 Å². The van der Waals surface area contributed by atoms with Gasteiger partial charge in [-0.05, 0) is 59.4 Å². The zero-order chi connectivity index (χ0) is 11.7. The van der Waals surface area contributed by atoms with E-state index in [-0.39, 0.29) is 12.4 Å². The lowest BCUT2D eigenvalue weighted by Crippen LogP contribution is -1.81. The number of pyridine rings is 1. The van der Waals surface area contributed by atoms with Crippen LogP contribution < -0.4 is 0 Å². The predicted molar refractivity (Wildman–Crippen MR) is 79.1 cm³/mol. The lowest BCUT2D eigenvalue weighted by Gasteiger charge is -2.01. The Bertz CT molecular complexity index is 576. The molecule has 1 aliphatic carbocycles. The first-order valence-corrected chi connectivity index (χ1v) is 6.10. The van der Waals surface area contributed by atoms with Crippen LogP contribution in [0.25, 0.3) is 11.6 Å². The van der Waals surface area contributed by atoms with Gasteiger partial charge in [0.2, 0.25) is 0 Å². The van der Waals surface area contributed by atoms with Crippen molar-refractivity contribution in [3.63, 3.8) is 0 Å². The highest BCUT2D eigenvalue weighted by Gasteiger charge is 2.15. The first-order valence-electron chi connectivity index (χ1n) is 5.72. The maximum absolute atomic E-state index is 6.00. The Morgan fingerprint density at radius 1 is 1.17 bits per heavy atom. The molecule has 3 rings (SSSR count). The molecule has 0 radical (unpaired) electrons. The number of nitrogens with zero attached hydrogens (tertiary/aromatic N) is 1. The van der Waals surface area contributed by atoms with E-state index in [2.05, 4.69) is 29.3 Å². The number of fused-ring (bicyclic) bond motifs is 1. The Kier molecular flexibility index (Phi) is 4.05. The standard InChI is InChI=1S/C15H12ClN.ClH/c16-14-5-6-15-12(3-4-13(15)9-14)8-11-2-1-7-17-10-11;/h1-2,5-10H,3-4H2;1H/b12-8+;. The molecule has 3 heteroatoms. The van der Waals surface area contributed by atoms with E-state index in [9.17, 15) is 0 Å². The zero-order valence-corrected chi connectivity index (χ0v) is 11.3. The third kappa shape index (κ3) is 2.58. The normalized spacial score (nSPS) is 15.3. The second kappa shape index (κ2) is 5.55. The molecule has 0 atom stereocenters. The van der Waals surface area contributed by atoms with Gasteiger partial charge in [-0.3, -0.25) is 4.98 Å². The summed E-state index contributed by atoms with van der Waals surface area (Å²) in [6.07, 6.45) is 8.07. The van der Waals surface area contributed by atoms with Gasteiger partial charge in [-0.2, -0.15) is 0 Å². The molecule has 1 aromatic heterocycles. The van der Waals surface area contributed by atoms with Crippen molar-refractivity contribution >= 4 is 35.7 Å². The smallest absolute Gasteiger partial charge is 0.0409 e. The van der Waals surface area contributed by atoms with Gasteiger partial charge < -0.3 is 0 Å². The maximum Gasteiger partial charge on any atom is 0.0409 e. The minimum atomic E-state index is 0. The van der Waals surface area contributed by atoms with Crippen molar-refractivity contribution in [2.45, 2.75) is 12.8 Å². The van der Waals surface area contributed by atoms with Gasteiger partial charge in [0.05, 0.1) is 0 Å². The van der Waals surface area contributed by atoms with Crippen molar-refractivity contribution < 1.29 is 0 Å². The number of aryl methyl sites for hydroxylation is 1. The van der Waals surface area contributed by atoms with E-state index in [1.807, 2.05) is 18.3 Å². The largest absolute Gasteiger partial charge is 0.264 e. The quantitative estimate of drug-likeness (QED) is 0.740. The number of benzene rings is 1. The summed E-state index contributed by atoms with van der Waals surface area (Å²) in [6, 6.07) is 10.2. The summed E-state index contributed by atoms with van der Waals surface area (Å²) in [5.74, 6) is 0. The van der Waals surface area contributed by atoms with Crippen LogP contribution in [0.4, 0.5) is 0 Å². The van der Waals surface area contributed by atoms with Crippen molar-refractivity contribution in [3.05, 3.63) is 64.4 Å². The highest BCUT2D eigenvalue weighted by atomic mass is 35.5. The topological polar surface area (TPSA) is 12.9 Å². The summed E-state index contributed by atoms with van der Waals surface area (Å²) in [7, 11) is 0. The molecule has 92 valence electrons. The second-order valence-corrected chi connectivity index (χ2v) is 4.69. The number of aromatic nitrogens is 1. The Morgan fingerprint density at radius 2 is 2.06 bits per heavy atom. The van der Waals surface area contributed by atoms with E-state index in [0.717, 1.165) is 23.4 Å². The average molecular weight is 278 g/mol. The first-order chi connectivity index (χ1) is 8.33. The summed E-state index contributed by atoms with van der Waals surface area (Å²) in [5.41, 5.74) is 5.22. The minimum Gasteiger partial charge on any atom is -0.264 e. The molecule has 0 spiro atoms. The first kappa shape index (κ1) is 13.1. The van der Waals surface area contributed by atoms with Crippen LogP contribution in [0.15, 0.2) is 42.7 Å². The number of rotatable bonds is 1. The zero-order valence-electron chi connectivity index (χ0n) is 9.77. The lowest BCUT2D eigenvalue weighted by atomic mass is 10.1. The lowest BCUT2D eigenvalue weighted by molar-refractivity contribution is 1.08. The van der Waals surface area contributed by atoms with Gasteiger partial charge >= 0.3 is 0 Å². The van der Waals surface area contributed by atoms with Gasteiger partial charge in [-0.15, -0.1) is 12.4 Å². The summed E-state index contributed by atoms with van der Waals surface area (Å²) in [4.78, 5) is 4.13. The Labute approximate surface area is 118 Å². The molecule has 1 aliphatic rings. The van der Waals surface area contributed by atoms with Crippen LogP contribution in [-0.2, 0) is 6.42 Å². The minimum absolute atomic E-state index is 0. The summed E-state index contributed by atoms with van der Waals surface area (Å²) in [6.45, 7) is 0. The van der Waals surface area contributed by atoms with Crippen molar-refractivity contribution in [2.75, 3.05) is 0 Å². The number of hydrogen-bond acceptors (Lipinski definition) is 1. The van der Waals surface area contributed by atoms with Crippen LogP contribution in [0.3, 0.4) is 0 Å². The molecule has 0 saturated heterocycles. The summed E-state index contributed by atoms with van der Waals surface area (Å²) >= 11 is 6.00. The van der Waals surface area contributed by atoms with Crippen LogP contribution in [0.5, 0.6) is 0 Å². The maximum atomic E-state index is 6.00. The number of hydrogen-bond donors (Lipinski definition) is 0. The fourth-order valence-corrected chi connectivity index (χ4v) is 2.49. The molecule has 0 N–H and O–H groups in total. The van der Waals surface area contributed by atoms with Gasteiger partial charge in [0.1, 0.15) is 0 Å². The highest BCUT2D eigenvalue weighted by molar-refractivity contribution is 6.30. The Morgan fingerprint density at radius 3 is 2.83 bits per heavy atom. The highest BCUT2D eigenvalue weighted by Crippen LogP contribution is 2.34. The van der Waals surface area contributed by atoms with Crippen molar-refractivity contribution in [1.29, 1.82) is 0 Å². The van der Waals surface area contributed by atoms with Crippen molar-refractivity contribution in [3.8, 4) is 0 Å². The van der Waals surface area contributed by atoms with Gasteiger partial charge in [-0.1, -0.05) is 23.7 Å². The van der Waals surface area contributed by atoms with Gasteiger partial charge in [0, 0.05) is 17.4 Å². The summed E-state index contributed by atoms with van der Waals surface area (Å²) in [5, 5.41) is 0.825. The van der Waals surface area contributed by atoms with Gasteiger partial charge in [0.15, 0.2) is 0 Å². The van der Waals surface area contributed by atoms with Crippen LogP contribution in [0, 0.1) is 0 Å². The monoisotopic (exact) mass is 277 g/mol. The Balaban J connectivity index is 0.00000120. The molecule has 2 aromatic rings. The van der Waals surface area contributed by atoms with Crippen molar-refractivity contribution in [2.24, 2.45) is 0 Å². The molecule has 1 heterocycles. The van der Waals surface area contributed by atoms with Crippen molar-refractivity contribution in [1.82, 2.24) is 4.98 Å². The van der Waals surface area contributed by atoms with E-state index in [0.29, 0.717) is 0 Å². The molecule has 1 nitrogen and oxygen atoms in total. The third-order valence-electron chi connectivity index (χ3n) is 3.10. The molecule has 0 unspecified atom stereocenters. The number of halogens is 2. The fraction of sp³-hybridized carbons (Fsp3) is 0.133. The molecule has 0 fully saturated rings. The van der Waals surface area contributed by atoms with Crippen LogP contribution in [0.2, 0.25) is 5.02 Å². The predicted octanol–water partition coefficient (Wildman–Crippen LogP) is 4.64. The molecule has 18 heavy (non-hydrogen) atoms. The summed E-state index contributed by atoms with van der Waals surface area (Å²) < 4.78 is 0. The van der Waals surface area contributed by atoms with Crippen LogP contribution in [0.1, 0.15) is 23.1 Å². The average Bonchev–Trinajstić information content (AvgIpc) is 2.73.